The van der Waals surface area contributed by atoms with Gasteiger partial charge in [-0.05, 0) is 31.7 Å². The van der Waals surface area contributed by atoms with E-state index >= 15 is 0 Å². The molecular formula is C10H15N3S. The van der Waals surface area contributed by atoms with Crippen LogP contribution in [0.3, 0.4) is 0 Å². The molecule has 1 saturated carbocycles. The van der Waals surface area contributed by atoms with Crippen molar-refractivity contribution in [3.8, 4) is 0 Å². The van der Waals surface area contributed by atoms with Gasteiger partial charge < -0.3 is 5.73 Å². The normalized spacial score (nSPS) is 15.9. The Morgan fingerprint density at radius 3 is 2.86 bits per heavy atom. The van der Waals surface area contributed by atoms with Gasteiger partial charge in [-0.2, -0.15) is 0 Å². The highest BCUT2D eigenvalue weighted by atomic mass is 32.2. The summed E-state index contributed by atoms with van der Waals surface area (Å²) in [5.74, 6) is 0.695. The minimum Gasteiger partial charge on any atom is -0.330 e. The molecule has 1 heterocycles. The summed E-state index contributed by atoms with van der Waals surface area (Å²) in [6.07, 6.45) is 5.44. The molecule has 1 aromatic heterocycles. The zero-order valence-electron chi connectivity index (χ0n) is 8.36. The fraction of sp³-hybridized carbons (Fsp3) is 0.600. The Hall–Kier alpha value is -0.610. The van der Waals surface area contributed by atoms with Gasteiger partial charge in [0.15, 0.2) is 5.16 Å². The zero-order chi connectivity index (χ0) is 9.97. The zero-order valence-corrected chi connectivity index (χ0v) is 9.18. The molecule has 0 spiro atoms. The Morgan fingerprint density at radius 1 is 1.50 bits per heavy atom. The molecule has 1 fully saturated rings. The van der Waals surface area contributed by atoms with E-state index in [2.05, 4.69) is 16.0 Å². The van der Waals surface area contributed by atoms with Crippen molar-refractivity contribution in [1.82, 2.24) is 9.97 Å². The molecule has 0 atom stereocenters. The second kappa shape index (κ2) is 4.28. The van der Waals surface area contributed by atoms with Gasteiger partial charge in [0.2, 0.25) is 0 Å². The summed E-state index contributed by atoms with van der Waals surface area (Å²) in [6.45, 7) is 0.662. The van der Waals surface area contributed by atoms with E-state index in [1.54, 1.807) is 11.8 Å². The molecule has 3 nitrogen and oxygen atoms in total. The first-order valence-electron chi connectivity index (χ1n) is 4.95. The number of thioether (sulfide) groups is 1. The van der Waals surface area contributed by atoms with Crippen LogP contribution in [-0.4, -0.2) is 22.8 Å². The van der Waals surface area contributed by atoms with Crippen molar-refractivity contribution in [1.29, 1.82) is 0 Å². The predicted molar refractivity (Wildman–Crippen MR) is 58.5 cm³/mol. The van der Waals surface area contributed by atoms with Gasteiger partial charge in [0.25, 0.3) is 0 Å². The number of hydrogen-bond donors (Lipinski definition) is 1. The van der Waals surface area contributed by atoms with Gasteiger partial charge in [0, 0.05) is 23.7 Å². The van der Waals surface area contributed by atoms with E-state index in [4.69, 9.17) is 5.73 Å². The van der Waals surface area contributed by atoms with Crippen LogP contribution < -0.4 is 5.73 Å². The van der Waals surface area contributed by atoms with Crippen molar-refractivity contribution < 1.29 is 0 Å². The average Bonchev–Trinajstić information content (AvgIpc) is 3.01. The molecule has 0 aromatic carbocycles. The smallest absolute Gasteiger partial charge is 0.187 e. The molecule has 2 rings (SSSR count). The van der Waals surface area contributed by atoms with Gasteiger partial charge in [-0.3, -0.25) is 0 Å². The monoisotopic (exact) mass is 209 g/mol. The Morgan fingerprint density at radius 2 is 2.29 bits per heavy atom. The van der Waals surface area contributed by atoms with E-state index in [0.29, 0.717) is 12.5 Å². The van der Waals surface area contributed by atoms with Crippen LogP contribution in [0.2, 0.25) is 0 Å². The summed E-state index contributed by atoms with van der Waals surface area (Å²) in [4.78, 5) is 8.93. The van der Waals surface area contributed by atoms with Crippen LogP contribution in [0, 0.1) is 0 Å². The lowest BCUT2D eigenvalue weighted by Gasteiger charge is -2.04. The lowest BCUT2D eigenvalue weighted by atomic mass is 10.2. The molecule has 0 amide bonds. The number of rotatable bonds is 4. The molecule has 4 heteroatoms. The molecule has 2 N–H and O–H groups in total. The molecule has 14 heavy (non-hydrogen) atoms. The maximum atomic E-state index is 5.53. The molecule has 0 saturated heterocycles. The first kappa shape index (κ1) is 9.93. The Bertz CT molecular complexity index is 323. The summed E-state index contributed by atoms with van der Waals surface area (Å²) in [5, 5.41) is 0.887. The van der Waals surface area contributed by atoms with Crippen LogP contribution in [0.5, 0.6) is 0 Å². The summed E-state index contributed by atoms with van der Waals surface area (Å²) >= 11 is 1.61. The van der Waals surface area contributed by atoms with Crippen LogP contribution in [-0.2, 0) is 6.42 Å². The fourth-order valence-corrected chi connectivity index (χ4v) is 1.85. The summed E-state index contributed by atoms with van der Waals surface area (Å²) < 4.78 is 0. The standard InChI is InChI=1S/C10H15N3S/c1-14-10-12-8(4-5-11)6-9(13-10)7-2-3-7/h6-7H,2-5,11H2,1H3. The second-order valence-corrected chi connectivity index (χ2v) is 4.36. The lowest BCUT2D eigenvalue weighted by molar-refractivity contribution is 0.815. The Kier molecular flexibility index (Phi) is 3.03. The van der Waals surface area contributed by atoms with E-state index in [1.165, 1.54) is 18.5 Å². The molecule has 0 unspecified atom stereocenters. The summed E-state index contributed by atoms with van der Waals surface area (Å²) in [5.41, 5.74) is 7.83. The van der Waals surface area contributed by atoms with Crippen molar-refractivity contribution >= 4 is 11.8 Å². The largest absolute Gasteiger partial charge is 0.330 e. The molecule has 1 aromatic rings. The number of nitrogens with zero attached hydrogens (tertiary/aromatic N) is 2. The quantitative estimate of drug-likeness (QED) is 0.604. The highest BCUT2D eigenvalue weighted by Gasteiger charge is 2.25. The average molecular weight is 209 g/mol. The van der Waals surface area contributed by atoms with E-state index in [1.807, 2.05) is 6.26 Å². The third kappa shape index (κ3) is 2.25. The van der Waals surface area contributed by atoms with Crippen LogP contribution in [0.25, 0.3) is 0 Å². The minimum absolute atomic E-state index is 0.662. The van der Waals surface area contributed by atoms with E-state index in [9.17, 15) is 0 Å². The Labute approximate surface area is 88.5 Å². The third-order valence-corrected chi connectivity index (χ3v) is 2.90. The van der Waals surface area contributed by atoms with Gasteiger partial charge in [-0.1, -0.05) is 11.8 Å². The summed E-state index contributed by atoms with van der Waals surface area (Å²) in [6, 6.07) is 2.12. The van der Waals surface area contributed by atoms with Gasteiger partial charge >= 0.3 is 0 Å². The maximum Gasteiger partial charge on any atom is 0.187 e. The first-order valence-corrected chi connectivity index (χ1v) is 6.18. The highest BCUT2D eigenvalue weighted by Crippen LogP contribution is 2.39. The van der Waals surface area contributed by atoms with Crippen LogP contribution >= 0.6 is 11.8 Å². The fourth-order valence-electron chi connectivity index (χ4n) is 1.45. The van der Waals surface area contributed by atoms with Gasteiger partial charge in [-0.25, -0.2) is 9.97 Å². The van der Waals surface area contributed by atoms with Crippen molar-refractivity contribution in [2.75, 3.05) is 12.8 Å². The van der Waals surface area contributed by atoms with Crippen molar-refractivity contribution in [2.24, 2.45) is 5.73 Å². The topological polar surface area (TPSA) is 51.8 Å². The lowest BCUT2D eigenvalue weighted by Crippen LogP contribution is -2.06. The van der Waals surface area contributed by atoms with Gasteiger partial charge in [-0.15, -0.1) is 0 Å². The molecule has 1 aliphatic carbocycles. The van der Waals surface area contributed by atoms with Gasteiger partial charge in [0.1, 0.15) is 0 Å². The maximum absolute atomic E-state index is 5.53. The second-order valence-electron chi connectivity index (χ2n) is 3.58. The van der Waals surface area contributed by atoms with E-state index in [0.717, 1.165) is 17.3 Å². The van der Waals surface area contributed by atoms with E-state index < -0.39 is 0 Å². The minimum atomic E-state index is 0.662. The molecular weight excluding hydrogens is 194 g/mol. The molecule has 76 valence electrons. The number of hydrogen-bond acceptors (Lipinski definition) is 4. The van der Waals surface area contributed by atoms with Crippen molar-refractivity contribution in [3.63, 3.8) is 0 Å². The van der Waals surface area contributed by atoms with Crippen molar-refractivity contribution in [2.45, 2.75) is 30.3 Å². The van der Waals surface area contributed by atoms with Crippen LogP contribution in [0.4, 0.5) is 0 Å². The van der Waals surface area contributed by atoms with Crippen LogP contribution in [0.15, 0.2) is 11.2 Å². The molecule has 0 radical (unpaired) electrons. The predicted octanol–water partition coefficient (Wildman–Crippen LogP) is 1.58. The summed E-state index contributed by atoms with van der Waals surface area (Å²) in [7, 11) is 0. The third-order valence-electron chi connectivity index (χ3n) is 2.36. The molecule has 0 aliphatic heterocycles. The van der Waals surface area contributed by atoms with Gasteiger partial charge in [0.05, 0.1) is 0 Å². The van der Waals surface area contributed by atoms with Crippen molar-refractivity contribution in [3.05, 3.63) is 17.5 Å². The molecule has 0 bridgehead atoms. The molecule has 1 aliphatic rings. The number of aromatic nitrogens is 2. The number of nitrogens with two attached hydrogens (primary N) is 1. The Balaban J connectivity index is 2.26. The SMILES string of the molecule is CSc1nc(CCN)cc(C2CC2)n1. The highest BCUT2D eigenvalue weighted by molar-refractivity contribution is 7.98. The van der Waals surface area contributed by atoms with E-state index in [-0.39, 0.29) is 0 Å². The first-order chi connectivity index (χ1) is 6.83. The van der Waals surface area contributed by atoms with Crippen LogP contribution in [0.1, 0.15) is 30.1 Å².